The molecular formula is C9H9FN2O. The lowest BCUT2D eigenvalue weighted by Crippen LogP contribution is -2.12. The number of halogens is 1. The highest BCUT2D eigenvalue weighted by molar-refractivity contribution is 5.74. The van der Waals surface area contributed by atoms with Gasteiger partial charge in [-0.3, -0.25) is 0 Å². The summed E-state index contributed by atoms with van der Waals surface area (Å²) in [7, 11) is 0. The Labute approximate surface area is 74.7 Å². The molecule has 0 saturated heterocycles. The molecule has 2 aromatic rings. The molecule has 0 unspecified atom stereocenters. The number of hydrogen-bond acceptors (Lipinski definition) is 2. The van der Waals surface area contributed by atoms with Crippen LogP contribution in [0.4, 0.5) is 4.39 Å². The molecule has 4 heteroatoms. The molecule has 13 heavy (non-hydrogen) atoms. The van der Waals surface area contributed by atoms with Crippen LogP contribution in [0.1, 0.15) is 0 Å². The highest BCUT2D eigenvalue weighted by Gasteiger charge is 2.00. The van der Waals surface area contributed by atoms with Crippen LogP contribution in [0.2, 0.25) is 0 Å². The number of imidazole rings is 1. The van der Waals surface area contributed by atoms with Crippen molar-refractivity contribution in [2.45, 2.75) is 0 Å². The third-order valence-corrected chi connectivity index (χ3v) is 1.73. The topological polar surface area (TPSA) is 27.1 Å². The number of para-hydroxylation sites is 2. The quantitative estimate of drug-likeness (QED) is 0.714. The van der Waals surface area contributed by atoms with Crippen LogP contribution in [0.15, 0.2) is 30.6 Å². The summed E-state index contributed by atoms with van der Waals surface area (Å²) in [5.74, 6) is 0. The lowest BCUT2D eigenvalue weighted by atomic mass is 10.3. The number of hydrogen-bond donors (Lipinski definition) is 0. The molecule has 0 aliphatic rings. The van der Waals surface area contributed by atoms with Crippen LogP contribution >= 0.6 is 0 Å². The van der Waals surface area contributed by atoms with Gasteiger partial charge in [-0.05, 0) is 12.1 Å². The Balaban J connectivity index is 2.35. The van der Waals surface area contributed by atoms with E-state index in [0.717, 1.165) is 11.0 Å². The highest BCUT2D eigenvalue weighted by atomic mass is 19.1. The fraction of sp³-hybridized carbons (Fsp3) is 0.222. The second-order valence-corrected chi connectivity index (χ2v) is 2.58. The maximum Gasteiger partial charge on any atom is 0.143 e. The molecule has 1 aromatic heterocycles. The normalized spacial score (nSPS) is 10.5. The van der Waals surface area contributed by atoms with Crippen molar-refractivity contribution in [1.82, 2.24) is 9.71 Å². The van der Waals surface area contributed by atoms with Gasteiger partial charge in [-0.15, -0.1) is 0 Å². The average Bonchev–Trinajstić information content (AvgIpc) is 2.58. The van der Waals surface area contributed by atoms with Gasteiger partial charge in [0.1, 0.15) is 25.1 Å². The van der Waals surface area contributed by atoms with E-state index in [-0.39, 0.29) is 6.61 Å². The molecule has 0 fully saturated rings. The first-order valence-corrected chi connectivity index (χ1v) is 4.03. The van der Waals surface area contributed by atoms with E-state index in [1.807, 2.05) is 24.3 Å². The Bertz CT molecular complexity index is 399. The van der Waals surface area contributed by atoms with Gasteiger partial charge in [0.15, 0.2) is 0 Å². The lowest BCUT2D eigenvalue weighted by Gasteiger charge is -2.03. The third kappa shape index (κ3) is 1.47. The largest absolute Gasteiger partial charge is 0.410 e. The lowest BCUT2D eigenvalue weighted by molar-refractivity contribution is 0.105. The Kier molecular flexibility index (Phi) is 2.12. The molecule has 0 aliphatic heterocycles. The average molecular weight is 180 g/mol. The van der Waals surface area contributed by atoms with Gasteiger partial charge in [0, 0.05) is 0 Å². The van der Waals surface area contributed by atoms with Crippen molar-refractivity contribution in [3.05, 3.63) is 30.6 Å². The Morgan fingerprint density at radius 1 is 1.38 bits per heavy atom. The maximum absolute atomic E-state index is 11.8. The van der Waals surface area contributed by atoms with Gasteiger partial charge in [0.05, 0.1) is 5.52 Å². The second-order valence-electron chi connectivity index (χ2n) is 2.58. The first-order chi connectivity index (χ1) is 6.42. The van der Waals surface area contributed by atoms with Crippen LogP contribution in [0.25, 0.3) is 11.0 Å². The molecule has 0 radical (unpaired) electrons. The van der Waals surface area contributed by atoms with Crippen LogP contribution in [0.5, 0.6) is 0 Å². The molecule has 1 heterocycles. The molecule has 68 valence electrons. The van der Waals surface area contributed by atoms with Gasteiger partial charge in [-0.1, -0.05) is 12.1 Å². The summed E-state index contributed by atoms with van der Waals surface area (Å²) in [5.41, 5.74) is 1.71. The molecule has 0 saturated carbocycles. The van der Waals surface area contributed by atoms with E-state index < -0.39 is 6.67 Å². The second kappa shape index (κ2) is 3.43. The minimum Gasteiger partial charge on any atom is -0.410 e. The predicted molar refractivity (Wildman–Crippen MR) is 47.2 cm³/mol. The van der Waals surface area contributed by atoms with E-state index in [4.69, 9.17) is 4.84 Å². The van der Waals surface area contributed by atoms with Gasteiger partial charge in [-0.25, -0.2) is 9.37 Å². The fourth-order valence-corrected chi connectivity index (χ4v) is 1.17. The summed E-state index contributed by atoms with van der Waals surface area (Å²) >= 11 is 0. The van der Waals surface area contributed by atoms with E-state index >= 15 is 0 Å². The van der Waals surface area contributed by atoms with Crippen molar-refractivity contribution in [2.24, 2.45) is 0 Å². The van der Waals surface area contributed by atoms with E-state index in [9.17, 15) is 4.39 Å². The SMILES string of the molecule is FCCOn1cnc2ccccc21. The van der Waals surface area contributed by atoms with Gasteiger partial charge in [0.25, 0.3) is 0 Å². The highest BCUT2D eigenvalue weighted by Crippen LogP contribution is 2.09. The Morgan fingerprint density at radius 2 is 2.23 bits per heavy atom. The van der Waals surface area contributed by atoms with Crippen molar-refractivity contribution in [3.63, 3.8) is 0 Å². The third-order valence-electron chi connectivity index (χ3n) is 1.73. The summed E-state index contributed by atoms with van der Waals surface area (Å²) in [4.78, 5) is 9.17. The number of aromatic nitrogens is 2. The molecule has 0 atom stereocenters. The molecule has 0 amide bonds. The van der Waals surface area contributed by atoms with E-state index in [2.05, 4.69) is 4.98 Å². The minimum atomic E-state index is -0.494. The molecule has 3 nitrogen and oxygen atoms in total. The summed E-state index contributed by atoms with van der Waals surface area (Å²) in [6, 6.07) is 7.54. The number of fused-ring (bicyclic) bond motifs is 1. The van der Waals surface area contributed by atoms with E-state index in [1.54, 1.807) is 6.33 Å². The van der Waals surface area contributed by atoms with Gasteiger partial charge >= 0.3 is 0 Å². The Hall–Kier alpha value is -1.58. The molecule has 0 aliphatic carbocycles. The Morgan fingerprint density at radius 3 is 3.08 bits per heavy atom. The molecule has 0 spiro atoms. The zero-order chi connectivity index (χ0) is 9.10. The van der Waals surface area contributed by atoms with Crippen molar-refractivity contribution < 1.29 is 9.23 Å². The molecule has 2 rings (SSSR count). The van der Waals surface area contributed by atoms with Crippen LogP contribution in [0, 0.1) is 0 Å². The van der Waals surface area contributed by atoms with Gasteiger partial charge in [-0.2, -0.15) is 4.73 Å². The first-order valence-electron chi connectivity index (χ1n) is 4.03. The van der Waals surface area contributed by atoms with Crippen molar-refractivity contribution in [3.8, 4) is 0 Å². The standard InChI is InChI=1S/C9H9FN2O/c10-5-6-13-12-7-11-8-3-1-2-4-9(8)12/h1-4,7H,5-6H2. The molecular weight excluding hydrogens is 171 g/mol. The van der Waals surface area contributed by atoms with Crippen molar-refractivity contribution >= 4 is 11.0 Å². The number of alkyl halides is 1. The van der Waals surface area contributed by atoms with Crippen molar-refractivity contribution in [1.29, 1.82) is 0 Å². The number of nitrogens with zero attached hydrogens (tertiary/aromatic N) is 2. The zero-order valence-electron chi connectivity index (χ0n) is 6.98. The monoisotopic (exact) mass is 180 g/mol. The molecule has 0 bridgehead atoms. The van der Waals surface area contributed by atoms with Crippen LogP contribution in [-0.4, -0.2) is 23.0 Å². The number of benzene rings is 1. The minimum absolute atomic E-state index is 0.0559. The molecule has 1 aromatic carbocycles. The van der Waals surface area contributed by atoms with Crippen LogP contribution in [-0.2, 0) is 0 Å². The summed E-state index contributed by atoms with van der Waals surface area (Å²) in [5, 5.41) is 0. The van der Waals surface area contributed by atoms with Crippen LogP contribution < -0.4 is 4.84 Å². The maximum atomic E-state index is 11.8. The summed E-state index contributed by atoms with van der Waals surface area (Å²) < 4.78 is 13.3. The number of rotatable bonds is 3. The first kappa shape index (κ1) is 8.04. The smallest absolute Gasteiger partial charge is 0.143 e. The van der Waals surface area contributed by atoms with Crippen molar-refractivity contribution in [2.75, 3.05) is 13.3 Å². The van der Waals surface area contributed by atoms with Gasteiger partial charge < -0.3 is 4.84 Å². The van der Waals surface area contributed by atoms with Crippen LogP contribution in [0.3, 0.4) is 0 Å². The predicted octanol–water partition coefficient (Wildman–Crippen LogP) is 1.43. The van der Waals surface area contributed by atoms with E-state index in [0.29, 0.717) is 0 Å². The summed E-state index contributed by atoms with van der Waals surface area (Å²) in [6.45, 7) is -0.438. The summed E-state index contributed by atoms with van der Waals surface area (Å²) in [6.07, 6.45) is 1.54. The zero-order valence-corrected chi connectivity index (χ0v) is 6.98. The fourth-order valence-electron chi connectivity index (χ4n) is 1.17. The van der Waals surface area contributed by atoms with E-state index in [1.165, 1.54) is 4.73 Å². The molecule has 0 N–H and O–H groups in total. The van der Waals surface area contributed by atoms with Gasteiger partial charge in [0.2, 0.25) is 0 Å².